The minimum absolute atomic E-state index is 0.182. The number of amides is 2. The van der Waals surface area contributed by atoms with Crippen LogP contribution in [0, 0.1) is 0 Å². The van der Waals surface area contributed by atoms with Crippen molar-refractivity contribution >= 4 is 52.3 Å². The number of ether oxygens (including phenoxy) is 1. The van der Waals surface area contributed by atoms with E-state index in [0.29, 0.717) is 29.4 Å². The lowest BCUT2D eigenvalue weighted by atomic mass is 10.2. The molecule has 1 saturated heterocycles. The Morgan fingerprint density at radius 1 is 0.971 bits per heavy atom. The van der Waals surface area contributed by atoms with Gasteiger partial charge < -0.3 is 20.7 Å². The van der Waals surface area contributed by atoms with Gasteiger partial charge >= 0.3 is 0 Å². The van der Waals surface area contributed by atoms with E-state index in [1.807, 2.05) is 0 Å². The van der Waals surface area contributed by atoms with Crippen LogP contribution in [0.1, 0.15) is 20.7 Å². The number of carbonyl (C=O) groups is 2. The van der Waals surface area contributed by atoms with E-state index >= 15 is 0 Å². The molecular formula is C24H24Cl2N6O3. The van der Waals surface area contributed by atoms with Crippen LogP contribution in [0.2, 0.25) is 10.0 Å². The monoisotopic (exact) mass is 514 g/mol. The average Bonchev–Trinajstić information content (AvgIpc) is 2.85. The number of pyridine rings is 2. The highest BCUT2D eigenvalue weighted by Gasteiger charge is 2.15. The molecule has 2 amide bonds. The zero-order valence-electron chi connectivity index (χ0n) is 18.8. The van der Waals surface area contributed by atoms with Gasteiger partial charge in [0.05, 0.1) is 34.4 Å². The molecule has 9 nitrogen and oxygen atoms in total. The number of aromatic nitrogens is 2. The number of halogens is 2. The molecule has 3 aromatic rings. The lowest BCUT2D eigenvalue weighted by molar-refractivity contribution is 0.0383. The van der Waals surface area contributed by atoms with Crippen molar-refractivity contribution in [2.75, 3.05) is 50.0 Å². The maximum atomic E-state index is 12.6. The summed E-state index contributed by atoms with van der Waals surface area (Å²) in [6, 6.07) is 11.5. The minimum atomic E-state index is -0.431. The average molecular weight is 515 g/mol. The van der Waals surface area contributed by atoms with Gasteiger partial charge in [0.2, 0.25) is 0 Å². The molecule has 0 aliphatic carbocycles. The Balaban J connectivity index is 1.32. The van der Waals surface area contributed by atoms with E-state index in [1.54, 1.807) is 48.7 Å². The maximum absolute atomic E-state index is 12.6. The number of hydrogen-bond donors (Lipinski definition) is 3. The van der Waals surface area contributed by atoms with E-state index in [0.717, 1.165) is 32.8 Å². The summed E-state index contributed by atoms with van der Waals surface area (Å²) in [6.07, 6.45) is 3.04. The molecule has 3 N–H and O–H groups in total. The third kappa shape index (κ3) is 6.89. The number of carbonyl (C=O) groups excluding carboxylic acids is 2. The van der Waals surface area contributed by atoms with Gasteiger partial charge in [-0.25, -0.2) is 9.97 Å². The third-order valence-corrected chi connectivity index (χ3v) is 5.94. The number of nitrogens with zero attached hydrogens (tertiary/aromatic N) is 3. The predicted octanol–water partition coefficient (Wildman–Crippen LogP) is 3.84. The van der Waals surface area contributed by atoms with Crippen LogP contribution in [0.5, 0.6) is 0 Å². The van der Waals surface area contributed by atoms with E-state index in [4.69, 9.17) is 27.9 Å². The Morgan fingerprint density at radius 3 is 2.46 bits per heavy atom. The quantitative estimate of drug-likeness (QED) is 0.418. The summed E-state index contributed by atoms with van der Waals surface area (Å²) in [5.74, 6) is 0.349. The number of rotatable bonds is 8. The van der Waals surface area contributed by atoms with Crippen molar-refractivity contribution in [3.63, 3.8) is 0 Å². The van der Waals surface area contributed by atoms with Gasteiger partial charge in [0.1, 0.15) is 11.6 Å². The van der Waals surface area contributed by atoms with Crippen LogP contribution in [-0.4, -0.2) is 66.1 Å². The van der Waals surface area contributed by atoms with Gasteiger partial charge in [-0.15, -0.1) is 0 Å². The Bertz CT molecular complexity index is 1170. The van der Waals surface area contributed by atoms with Crippen molar-refractivity contribution in [3.8, 4) is 0 Å². The molecule has 35 heavy (non-hydrogen) atoms. The SMILES string of the molecule is O=C(NCCN1CCOCC1)c1ccc(Nc2cc(NC(=O)c3c(Cl)cccc3Cl)ccn2)nc1. The fourth-order valence-corrected chi connectivity index (χ4v) is 4.04. The first-order chi connectivity index (χ1) is 17.0. The molecule has 0 atom stereocenters. The number of hydrogen-bond acceptors (Lipinski definition) is 7. The van der Waals surface area contributed by atoms with Gasteiger partial charge in [-0.1, -0.05) is 29.3 Å². The second kappa shape index (κ2) is 11.9. The highest BCUT2D eigenvalue weighted by Crippen LogP contribution is 2.26. The molecule has 0 bridgehead atoms. The number of morpholine rings is 1. The summed E-state index contributed by atoms with van der Waals surface area (Å²) in [4.78, 5) is 35.8. The Morgan fingerprint density at radius 2 is 1.74 bits per heavy atom. The zero-order valence-corrected chi connectivity index (χ0v) is 20.3. The van der Waals surface area contributed by atoms with Crippen LogP contribution < -0.4 is 16.0 Å². The highest BCUT2D eigenvalue weighted by molar-refractivity contribution is 6.40. The largest absolute Gasteiger partial charge is 0.379 e. The molecule has 0 spiro atoms. The molecule has 1 aliphatic rings. The van der Waals surface area contributed by atoms with Gasteiger partial charge in [0, 0.05) is 50.3 Å². The Kier molecular flexibility index (Phi) is 8.49. The Hall–Kier alpha value is -3.24. The fourth-order valence-electron chi connectivity index (χ4n) is 3.47. The molecule has 11 heteroatoms. The van der Waals surface area contributed by atoms with Crippen molar-refractivity contribution < 1.29 is 14.3 Å². The zero-order chi connectivity index (χ0) is 24.6. The summed E-state index contributed by atoms with van der Waals surface area (Å²) in [5, 5.41) is 9.25. The summed E-state index contributed by atoms with van der Waals surface area (Å²) >= 11 is 12.2. The van der Waals surface area contributed by atoms with Crippen LogP contribution >= 0.6 is 23.2 Å². The number of anilines is 3. The lowest BCUT2D eigenvalue weighted by Gasteiger charge is -2.26. The van der Waals surface area contributed by atoms with Gasteiger partial charge in [0.15, 0.2) is 0 Å². The van der Waals surface area contributed by atoms with Crippen molar-refractivity contribution in [2.24, 2.45) is 0 Å². The molecule has 4 rings (SSSR count). The summed E-state index contributed by atoms with van der Waals surface area (Å²) < 4.78 is 5.32. The van der Waals surface area contributed by atoms with E-state index in [2.05, 4.69) is 30.8 Å². The van der Waals surface area contributed by atoms with Crippen molar-refractivity contribution in [1.29, 1.82) is 0 Å². The van der Waals surface area contributed by atoms with E-state index in [-0.39, 0.29) is 21.5 Å². The van der Waals surface area contributed by atoms with Gasteiger partial charge in [-0.3, -0.25) is 14.5 Å². The molecular weight excluding hydrogens is 491 g/mol. The third-order valence-electron chi connectivity index (χ3n) is 5.31. The summed E-state index contributed by atoms with van der Waals surface area (Å²) in [6.45, 7) is 4.55. The van der Waals surface area contributed by atoms with Crippen LogP contribution in [-0.2, 0) is 4.74 Å². The maximum Gasteiger partial charge on any atom is 0.258 e. The molecule has 1 aromatic carbocycles. The second-order valence-corrected chi connectivity index (χ2v) is 8.56. The molecule has 182 valence electrons. The first-order valence-corrected chi connectivity index (χ1v) is 11.8. The van der Waals surface area contributed by atoms with Crippen molar-refractivity contribution in [3.05, 3.63) is 76.0 Å². The standard InChI is InChI=1S/C24H24Cl2N6O3/c25-18-2-1-3-19(26)22(18)24(34)30-17-6-7-27-21(14-17)31-20-5-4-16(15-29-20)23(33)28-8-9-32-10-12-35-13-11-32/h1-7,14-15H,8-13H2,(H,28,33)(H2,27,29,30,31,34). The molecule has 0 radical (unpaired) electrons. The Labute approximate surface area is 212 Å². The van der Waals surface area contributed by atoms with Crippen LogP contribution in [0.25, 0.3) is 0 Å². The molecule has 1 aliphatic heterocycles. The minimum Gasteiger partial charge on any atom is -0.379 e. The van der Waals surface area contributed by atoms with E-state index in [9.17, 15) is 9.59 Å². The van der Waals surface area contributed by atoms with Crippen LogP contribution in [0.3, 0.4) is 0 Å². The molecule has 0 unspecified atom stereocenters. The smallest absolute Gasteiger partial charge is 0.258 e. The first kappa shape index (κ1) is 24.9. The normalized spacial score (nSPS) is 13.8. The number of benzene rings is 1. The predicted molar refractivity (Wildman–Crippen MR) is 136 cm³/mol. The van der Waals surface area contributed by atoms with Crippen LogP contribution in [0.4, 0.5) is 17.3 Å². The fraction of sp³-hybridized carbons (Fsp3) is 0.250. The number of nitrogens with one attached hydrogen (secondary N) is 3. The molecule has 0 saturated carbocycles. The lowest BCUT2D eigenvalue weighted by Crippen LogP contribution is -2.41. The van der Waals surface area contributed by atoms with Crippen molar-refractivity contribution in [1.82, 2.24) is 20.2 Å². The topological polar surface area (TPSA) is 108 Å². The van der Waals surface area contributed by atoms with Crippen LogP contribution in [0.15, 0.2) is 54.9 Å². The van der Waals surface area contributed by atoms with Gasteiger partial charge in [-0.05, 0) is 30.3 Å². The van der Waals surface area contributed by atoms with E-state index < -0.39 is 5.91 Å². The first-order valence-electron chi connectivity index (χ1n) is 11.0. The molecule has 1 fully saturated rings. The second-order valence-electron chi connectivity index (χ2n) is 7.75. The summed E-state index contributed by atoms with van der Waals surface area (Å²) in [7, 11) is 0. The van der Waals surface area contributed by atoms with Gasteiger partial charge in [0.25, 0.3) is 11.8 Å². The van der Waals surface area contributed by atoms with Gasteiger partial charge in [-0.2, -0.15) is 0 Å². The molecule has 3 heterocycles. The molecule has 2 aromatic heterocycles. The highest BCUT2D eigenvalue weighted by atomic mass is 35.5. The van der Waals surface area contributed by atoms with E-state index in [1.165, 1.54) is 6.20 Å². The van der Waals surface area contributed by atoms with Crippen molar-refractivity contribution in [2.45, 2.75) is 0 Å². The summed E-state index contributed by atoms with van der Waals surface area (Å²) in [5.41, 5.74) is 1.16.